The molecule has 0 aliphatic heterocycles. The molecule has 0 aromatic carbocycles. The Bertz CT molecular complexity index is 106. The number of hydrogen-bond acceptors (Lipinski definition) is 2. The van der Waals surface area contributed by atoms with Crippen molar-refractivity contribution >= 4 is 6.09 Å². The molecule has 0 aromatic rings. The fourth-order valence-electron chi connectivity index (χ4n) is 0.614. The molecular formula is C6H14N2O2. The molecule has 0 saturated carbocycles. The summed E-state index contributed by atoms with van der Waals surface area (Å²) in [6, 6.07) is 0. The highest BCUT2D eigenvalue weighted by Crippen LogP contribution is 1.87. The zero-order valence-electron chi connectivity index (χ0n) is 6.42. The van der Waals surface area contributed by atoms with Crippen molar-refractivity contribution in [1.82, 2.24) is 10.4 Å². The topological polar surface area (TPSA) is 52.6 Å². The predicted molar refractivity (Wildman–Crippen MR) is 38.7 cm³/mol. The Morgan fingerprint density at radius 3 is 2.70 bits per heavy atom. The van der Waals surface area contributed by atoms with Gasteiger partial charge in [0.2, 0.25) is 0 Å². The van der Waals surface area contributed by atoms with Crippen molar-refractivity contribution in [3.8, 4) is 0 Å². The van der Waals surface area contributed by atoms with Gasteiger partial charge in [0.25, 0.3) is 0 Å². The summed E-state index contributed by atoms with van der Waals surface area (Å²) < 4.78 is 0. The summed E-state index contributed by atoms with van der Waals surface area (Å²) in [5.74, 6) is 0. The molecule has 1 amide bonds. The van der Waals surface area contributed by atoms with Crippen LogP contribution in [0.5, 0.6) is 0 Å². The maximum atomic E-state index is 10.0. The summed E-state index contributed by atoms with van der Waals surface area (Å²) in [6.07, 6.45) is 1.08. The van der Waals surface area contributed by atoms with Gasteiger partial charge in [-0.05, 0) is 6.42 Å². The van der Waals surface area contributed by atoms with Crippen molar-refractivity contribution in [3.63, 3.8) is 0 Å². The van der Waals surface area contributed by atoms with E-state index in [0.717, 1.165) is 19.4 Å². The molecular weight excluding hydrogens is 132 g/mol. The highest BCUT2D eigenvalue weighted by Gasteiger charge is 1.98. The molecule has 10 heavy (non-hydrogen) atoms. The number of hydrogen-bond donors (Lipinski definition) is 2. The van der Waals surface area contributed by atoms with Crippen molar-refractivity contribution in [2.75, 3.05) is 13.6 Å². The summed E-state index contributed by atoms with van der Waals surface area (Å²) in [4.78, 5) is 10.0. The third-order valence-electron chi connectivity index (χ3n) is 1.13. The number of hydrazine groups is 1. The van der Waals surface area contributed by atoms with Crippen LogP contribution in [-0.2, 0) is 0 Å². The third-order valence-corrected chi connectivity index (χ3v) is 1.13. The number of amides is 1. The molecule has 60 valence electrons. The minimum Gasteiger partial charge on any atom is -0.464 e. The first kappa shape index (κ1) is 9.23. The van der Waals surface area contributed by atoms with Gasteiger partial charge < -0.3 is 5.11 Å². The molecule has 0 fully saturated rings. The second-order valence-corrected chi connectivity index (χ2v) is 2.19. The van der Waals surface area contributed by atoms with Gasteiger partial charge in [0.05, 0.1) is 0 Å². The van der Waals surface area contributed by atoms with Crippen molar-refractivity contribution < 1.29 is 9.90 Å². The van der Waals surface area contributed by atoms with Crippen molar-refractivity contribution in [2.24, 2.45) is 0 Å². The van der Waals surface area contributed by atoms with E-state index in [0.29, 0.717) is 0 Å². The van der Waals surface area contributed by atoms with Gasteiger partial charge in [-0.2, -0.15) is 0 Å². The lowest BCUT2D eigenvalue weighted by Gasteiger charge is -2.14. The second-order valence-electron chi connectivity index (χ2n) is 2.19. The van der Waals surface area contributed by atoms with Gasteiger partial charge in [0.1, 0.15) is 0 Å². The molecule has 4 nitrogen and oxygen atoms in total. The van der Waals surface area contributed by atoms with Crippen LogP contribution in [-0.4, -0.2) is 29.8 Å². The van der Waals surface area contributed by atoms with E-state index in [4.69, 9.17) is 5.11 Å². The summed E-state index contributed by atoms with van der Waals surface area (Å²) in [5.41, 5.74) is 2.23. The zero-order valence-corrected chi connectivity index (χ0v) is 6.42. The number of nitrogens with one attached hydrogen (secondary N) is 1. The highest BCUT2D eigenvalue weighted by molar-refractivity contribution is 5.63. The Morgan fingerprint density at radius 2 is 2.30 bits per heavy atom. The lowest BCUT2D eigenvalue weighted by atomic mass is 10.3. The van der Waals surface area contributed by atoms with E-state index in [9.17, 15) is 4.79 Å². The quantitative estimate of drug-likeness (QED) is 0.579. The molecule has 0 heterocycles. The molecule has 0 aliphatic carbocycles. The molecule has 0 radical (unpaired) electrons. The van der Waals surface area contributed by atoms with Crippen LogP contribution in [0, 0.1) is 0 Å². The van der Waals surface area contributed by atoms with E-state index in [-0.39, 0.29) is 0 Å². The Hall–Kier alpha value is -0.770. The summed E-state index contributed by atoms with van der Waals surface area (Å²) in [5, 5.41) is 9.79. The molecule has 0 unspecified atom stereocenters. The normalized spacial score (nSPS) is 9.90. The first-order chi connectivity index (χ1) is 4.66. The van der Waals surface area contributed by atoms with E-state index in [1.807, 2.05) is 0 Å². The first-order valence-electron chi connectivity index (χ1n) is 3.37. The van der Waals surface area contributed by atoms with Crippen molar-refractivity contribution in [2.45, 2.75) is 19.8 Å². The molecule has 0 bridgehead atoms. The van der Waals surface area contributed by atoms with Crippen molar-refractivity contribution in [1.29, 1.82) is 0 Å². The van der Waals surface area contributed by atoms with E-state index < -0.39 is 6.09 Å². The number of nitrogens with zero attached hydrogens (tertiary/aromatic N) is 1. The molecule has 0 saturated heterocycles. The van der Waals surface area contributed by atoms with E-state index in [2.05, 4.69) is 12.3 Å². The number of rotatable bonds is 4. The summed E-state index contributed by atoms with van der Waals surface area (Å²) in [6.45, 7) is 2.83. The van der Waals surface area contributed by atoms with Crippen LogP contribution in [0.25, 0.3) is 0 Å². The Balaban J connectivity index is 3.25. The fraction of sp³-hybridized carbons (Fsp3) is 0.833. The third kappa shape index (κ3) is 5.37. The summed E-state index contributed by atoms with van der Waals surface area (Å²) in [7, 11) is 1.71. The smallest absolute Gasteiger partial charge is 0.419 e. The monoisotopic (exact) mass is 146 g/mol. The zero-order chi connectivity index (χ0) is 7.98. The average molecular weight is 146 g/mol. The van der Waals surface area contributed by atoms with Crippen LogP contribution in [0.2, 0.25) is 0 Å². The first-order valence-corrected chi connectivity index (χ1v) is 3.37. The van der Waals surface area contributed by atoms with Crippen molar-refractivity contribution in [3.05, 3.63) is 0 Å². The van der Waals surface area contributed by atoms with Crippen LogP contribution >= 0.6 is 0 Å². The lowest BCUT2D eigenvalue weighted by molar-refractivity contribution is 0.153. The standard InChI is InChI=1S/C6H14N2O2/c1-3-4-5-8(2)7-6(9)10/h7H,3-5H2,1-2H3,(H,9,10). The van der Waals surface area contributed by atoms with Gasteiger partial charge >= 0.3 is 6.09 Å². The number of carboxylic acid groups (broad SMARTS) is 1. The predicted octanol–water partition coefficient (Wildman–Crippen LogP) is 0.901. The molecule has 0 aliphatic rings. The Labute approximate surface area is 60.8 Å². The maximum Gasteiger partial charge on any atom is 0.419 e. The number of carbonyl (C=O) groups is 1. The molecule has 0 rings (SSSR count). The van der Waals surface area contributed by atoms with E-state index >= 15 is 0 Å². The van der Waals surface area contributed by atoms with Gasteiger partial charge in [0, 0.05) is 13.6 Å². The van der Waals surface area contributed by atoms with Gasteiger partial charge in [-0.15, -0.1) is 0 Å². The Kier molecular flexibility index (Phi) is 4.66. The molecule has 2 N–H and O–H groups in total. The molecule has 0 atom stereocenters. The van der Waals surface area contributed by atoms with E-state index in [1.165, 1.54) is 0 Å². The van der Waals surface area contributed by atoms with Crippen LogP contribution in [0.15, 0.2) is 0 Å². The minimum atomic E-state index is -1.00. The fourth-order valence-corrected chi connectivity index (χ4v) is 0.614. The minimum absolute atomic E-state index is 0.767. The highest BCUT2D eigenvalue weighted by atomic mass is 16.4. The van der Waals surface area contributed by atoms with E-state index in [1.54, 1.807) is 12.1 Å². The van der Waals surface area contributed by atoms with Gasteiger partial charge in [0.15, 0.2) is 0 Å². The van der Waals surface area contributed by atoms with Crippen LogP contribution < -0.4 is 5.43 Å². The van der Waals surface area contributed by atoms with Crippen LogP contribution in [0.1, 0.15) is 19.8 Å². The molecule has 4 heteroatoms. The molecule has 0 spiro atoms. The van der Waals surface area contributed by atoms with Crippen LogP contribution in [0.3, 0.4) is 0 Å². The van der Waals surface area contributed by atoms with Gasteiger partial charge in [-0.3, -0.25) is 5.43 Å². The lowest BCUT2D eigenvalue weighted by Crippen LogP contribution is -2.38. The number of unbranched alkanes of at least 4 members (excludes halogenated alkanes) is 1. The Morgan fingerprint density at radius 1 is 1.70 bits per heavy atom. The van der Waals surface area contributed by atoms with Gasteiger partial charge in [-0.1, -0.05) is 13.3 Å². The largest absolute Gasteiger partial charge is 0.464 e. The average Bonchev–Trinajstić information content (AvgIpc) is 1.82. The summed E-state index contributed by atoms with van der Waals surface area (Å²) >= 11 is 0. The second kappa shape index (κ2) is 5.05. The molecule has 0 aromatic heterocycles. The van der Waals surface area contributed by atoms with Crippen LogP contribution in [0.4, 0.5) is 4.79 Å². The SMILES string of the molecule is CCCCN(C)NC(=O)O. The van der Waals surface area contributed by atoms with Gasteiger partial charge in [-0.25, -0.2) is 9.80 Å². The maximum absolute atomic E-state index is 10.0.